The molecule has 0 N–H and O–H groups in total. The molecular weight excluding hydrogens is 172 g/mol. The van der Waals surface area contributed by atoms with Crippen molar-refractivity contribution < 1.29 is 4.79 Å². The van der Waals surface area contributed by atoms with Crippen molar-refractivity contribution in [3.05, 3.63) is 29.7 Å². The maximum Gasteiger partial charge on any atom is 0.168 e. The minimum Gasteiger partial charge on any atom is -0.296 e. The first-order chi connectivity index (χ1) is 5.86. The van der Waals surface area contributed by atoms with Gasteiger partial charge in [0.25, 0.3) is 0 Å². The number of aromatic nitrogens is 2. The molecule has 0 saturated heterocycles. The van der Waals surface area contributed by atoms with Gasteiger partial charge in [-0.15, -0.1) is 11.3 Å². The Kier molecular flexibility index (Phi) is 1.55. The normalized spacial score (nSPS) is 10.3. The number of carbonyl (C=O) groups is 1. The second-order valence-electron chi connectivity index (χ2n) is 2.28. The van der Waals surface area contributed by atoms with Gasteiger partial charge in [-0.3, -0.25) is 9.20 Å². The number of hydrogen-bond acceptors (Lipinski definition) is 3. The Hall–Kier alpha value is -1.42. The van der Waals surface area contributed by atoms with Gasteiger partial charge in [0.2, 0.25) is 0 Å². The van der Waals surface area contributed by atoms with Gasteiger partial charge in [-0.25, -0.2) is 4.98 Å². The van der Waals surface area contributed by atoms with Gasteiger partial charge in [-0.05, 0) is 6.08 Å². The van der Waals surface area contributed by atoms with Crippen LogP contribution < -0.4 is 0 Å². The third-order valence-corrected chi connectivity index (χ3v) is 2.74. The van der Waals surface area contributed by atoms with Crippen LogP contribution in [-0.2, 0) is 0 Å². The highest BCUT2D eigenvalue weighted by molar-refractivity contribution is 7.18. The van der Waals surface area contributed by atoms with Crippen molar-refractivity contribution >= 4 is 28.5 Å². The summed E-state index contributed by atoms with van der Waals surface area (Å²) < 4.78 is 1.76. The lowest BCUT2D eigenvalue weighted by Gasteiger charge is -1.87. The minimum atomic E-state index is 0.627. The molecule has 60 valence electrons. The predicted molar refractivity (Wildman–Crippen MR) is 48.5 cm³/mol. The fourth-order valence-electron chi connectivity index (χ4n) is 1.08. The molecule has 2 aromatic heterocycles. The number of nitrogens with zero attached hydrogens (tertiary/aromatic N) is 2. The van der Waals surface area contributed by atoms with E-state index in [0.29, 0.717) is 5.69 Å². The summed E-state index contributed by atoms with van der Waals surface area (Å²) in [6.07, 6.45) is 5.86. The van der Waals surface area contributed by atoms with E-state index < -0.39 is 0 Å². The van der Waals surface area contributed by atoms with E-state index in [9.17, 15) is 4.79 Å². The second-order valence-corrected chi connectivity index (χ2v) is 3.34. The molecule has 4 heteroatoms. The Morgan fingerprint density at radius 3 is 3.17 bits per heavy atom. The predicted octanol–water partition coefficient (Wildman–Crippen LogP) is 1.85. The van der Waals surface area contributed by atoms with Gasteiger partial charge in [0.15, 0.2) is 6.29 Å². The molecule has 0 spiro atoms. The fraction of sp³-hybridized carbons (Fsp3) is 0. The Bertz CT molecular complexity index is 441. The van der Waals surface area contributed by atoms with Gasteiger partial charge in [0, 0.05) is 0 Å². The van der Waals surface area contributed by atoms with Gasteiger partial charge >= 0.3 is 0 Å². The summed E-state index contributed by atoms with van der Waals surface area (Å²) in [5, 5.41) is 0. The number of fused-ring (bicyclic) bond motifs is 1. The van der Waals surface area contributed by atoms with Crippen molar-refractivity contribution in [3.63, 3.8) is 0 Å². The third-order valence-electron chi connectivity index (χ3n) is 1.63. The molecule has 2 rings (SSSR count). The molecule has 0 atom stereocenters. The van der Waals surface area contributed by atoms with Crippen LogP contribution >= 0.6 is 11.3 Å². The molecule has 2 heterocycles. The first-order valence-electron chi connectivity index (χ1n) is 3.39. The molecule has 0 aromatic carbocycles. The maximum absolute atomic E-state index is 10.7. The summed E-state index contributed by atoms with van der Waals surface area (Å²) in [4.78, 5) is 16.5. The first-order valence-corrected chi connectivity index (χ1v) is 4.21. The molecule has 0 saturated carbocycles. The smallest absolute Gasteiger partial charge is 0.168 e. The Balaban J connectivity index is 2.86. The van der Waals surface area contributed by atoms with Crippen molar-refractivity contribution in [2.75, 3.05) is 0 Å². The van der Waals surface area contributed by atoms with Crippen molar-refractivity contribution in [2.45, 2.75) is 0 Å². The van der Waals surface area contributed by atoms with Crippen molar-refractivity contribution in [1.82, 2.24) is 9.38 Å². The molecule has 0 bridgehead atoms. The zero-order valence-electron chi connectivity index (χ0n) is 6.23. The van der Waals surface area contributed by atoms with Crippen molar-refractivity contribution in [2.24, 2.45) is 0 Å². The summed E-state index contributed by atoms with van der Waals surface area (Å²) in [5.41, 5.74) is 0.627. The number of rotatable bonds is 2. The number of carbonyl (C=O) groups excluding carboxylic acids is 1. The van der Waals surface area contributed by atoms with Crippen LogP contribution in [0.15, 0.2) is 19.1 Å². The summed E-state index contributed by atoms with van der Waals surface area (Å²) in [7, 11) is 0. The number of imidazole rings is 1. The van der Waals surface area contributed by atoms with Gasteiger partial charge in [0.1, 0.15) is 16.9 Å². The molecule has 0 radical (unpaired) electrons. The van der Waals surface area contributed by atoms with Crippen LogP contribution in [0.2, 0.25) is 0 Å². The lowest BCUT2D eigenvalue weighted by molar-refractivity contribution is 0.111. The average Bonchev–Trinajstić information content (AvgIpc) is 2.61. The summed E-state index contributed by atoms with van der Waals surface area (Å²) in [5.74, 6) is 0. The minimum absolute atomic E-state index is 0.627. The number of thiazole rings is 1. The molecule has 0 aliphatic rings. The van der Waals surface area contributed by atoms with Gasteiger partial charge in [0.05, 0.1) is 11.1 Å². The van der Waals surface area contributed by atoms with Crippen LogP contribution in [0.25, 0.3) is 10.9 Å². The number of hydrogen-bond donors (Lipinski definition) is 0. The van der Waals surface area contributed by atoms with E-state index in [4.69, 9.17) is 0 Å². The van der Waals surface area contributed by atoms with Crippen LogP contribution in [0, 0.1) is 0 Å². The largest absolute Gasteiger partial charge is 0.296 e. The molecule has 0 aliphatic carbocycles. The lowest BCUT2D eigenvalue weighted by atomic mass is 10.4. The summed E-state index contributed by atoms with van der Waals surface area (Å²) in [6, 6.07) is 0. The SMILES string of the molecule is C=Cc1sc2cncn2c1C=O. The average molecular weight is 178 g/mol. The second kappa shape index (κ2) is 2.57. The van der Waals surface area contributed by atoms with Crippen LogP contribution in [0.3, 0.4) is 0 Å². The van der Waals surface area contributed by atoms with E-state index in [2.05, 4.69) is 11.6 Å². The van der Waals surface area contributed by atoms with Gasteiger partial charge in [-0.2, -0.15) is 0 Å². The van der Waals surface area contributed by atoms with E-state index in [1.54, 1.807) is 23.0 Å². The zero-order valence-corrected chi connectivity index (χ0v) is 7.04. The molecular formula is C8H6N2OS. The van der Waals surface area contributed by atoms with E-state index in [-0.39, 0.29) is 0 Å². The Morgan fingerprint density at radius 2 is 2.50 bits per heavy atom. The molecule has 2 aromatic rings. The first kappa shape index (κ1) is 7.24. The summed E-state index contributed by atoms with van der Waals surface area (Å²) in [6.45, 7) is 3.63. The van der Waals surface area contributed by atoms with Gasteiger partial charge < -0.3 is 0 Å². The van der Waals surface area contributed by atoms with Crippen LogP contribution in [-0.4, -0.2) is 15.7 Å². The Labute approximate surface area is 73.0 Å². The van der Waals surface area contributed by atoms with Crippen molar-refractivity contribution in [3.8, 4) is 0 Å². The molecule has 3 nitrogen and oxygen atoms in total. The van der Waals surface area contributed by atoms with Crippen molar-refractivity contribution in [1.29, 1.82) is 0 Å². The number of aldehydes is 1. The fourth-order valence-corrected chi connectivity index (χ4v) is 2.00. The molecule has 12 heavy (non-hydrogen) atoms. The topological polar surface area (TPSA) is 34.4 Å². The van der Waals surface area contributed by atoms with Crippen LogP contribution in [0.1, 0.15) is 15.4 Å². The maximum atomic E-state index is 10.7. The van der Waals surface area contributed by atoms with Gasteiger partial charge in [-0.1, -0.05) is 6.58 Å². The van der Waals surface area contributed by atoms with Crippen LogP contribution in [0.4, 0.5) is 0 Å². The molecule has 0 fully saturated rings. The molecule has 0 aliphatic heterocycles. The third kappa shape index (κ3) is 0.816. The summed E-state index contributed by atoms with van der Waals surface area (Å²) >= 11 is 1.51. The lowest BCUT2D eigenvalue weighted by Crippen LogP contribution is -1.87. The quantitative estimate of drug-likeness (QED) is 0.658. The molecule has 0 amide bonds. The zero-order chi connectivity index (χ0) is 8.55. The highest BCUT2D eigenvalue weighted by atomic mass is 32.1. The van der Waals surface area contributed by atoms with E-state index in [1.807, 2.05) is 0 Å². The monoisotopic (exact) mass is 178 g/mol. The van der Waals surface area contributed by atoms with Crippen LogP contribution in [0.5, 0.6) is 0 Å². The molecule has 0 unspecified atom stereocenters. The highest BCUT2D eigenvalue weighted by Gasteiger charge is 2.07. The van der Waals surface area contributed by atoms with E-state index in [0.717, 1.165) is 16.0 Å². The highest BCUT2D eigenvalue weighted by Crippen LogP contribution is 2.22. The van der Waals surface area contributed by atoms with E-state index in [1.165, 1.54) is 11.3 Å². The Morgan fingerprint density at radius 1 is 1.67 bits per heavy atom. The van der Waals surface area contributed by atoms with E-state index >= 15 is 0 Å². The standard InChI is InChI=1S/C8H6N2OS/c1-2-7-6(4-11)10-5-9-3-8(10)12-7/h2-5H,1H2.